The first-order chi connectivity index (χ1) is 8.49. The van der Waals surface area contributed by atoms with Crippen molar-refractivity contribution in [1.82, 2.24) is 0 Å². The van der Waals surface area contributed by atoms with Crippen LogP contribution in [0.5, 0.6) is 0 Å². The summed E-state index contributed by atoms with van der Waals surface area (Å²) in [5.41, 5.74) is 4.89. The minimum absolute atomic E-state index is 0.157. The highest BCUT2D eigenvalue weighted by molar-refractivity contribution is 5.62. The SMILES string of the molecule is NC(CNc1cc(F)cc(F)c1[N+](=O)[O-])C1CC1. The van der Waals surface area contributed by atoms with Crippen LogP contribution < -0.4 is 11.1 Å². The Bertz CT molecular complexity index is 478. The molecule has 1 aromatic rings. The second kappa shape index (κ2) is 4.85. The van der Waals surface area contributed by atoms with Crippen molar-refractivity contribution in [3.8, 4) is 0 Å². The average Bonchev–Trinajstić information content (AvgIpc) is 3.07. The molecule has 98 valence electrons. The molecule has 0 aliphatic heterocycles. The van der Waals surface area contributed by atoms with E-state index in [1.807, 2.05) is 0 Å². The van der Waals surface area contributed by atoms with Crippen LogP contribution in [0.15, 0.2) is 12.1 Å². The van der Waals surface area contributed by atoms with Gasteiger partial charge in [0.1, 0.15) is 11.5 Å². The van der Waals surface area contributed by atoms with E-state index in [4.69, 9.17) is 5.73 Å². The number of nitrogens with zero attached hydrogens (tertiary/aromatic N) is 1. The maximum atomic E-state index is 13.3. The number of nitro benzene ring substituents is 1. The third-order valence-corrected chi connectivity index (χ3v) is 2.97. The molecule has 1 fully saturated rings. The summed E-state index contributed by atoms with van der Waals surface area (Å²) in [6, 6.07) is 1.24. The number of benzene rings is 1. The van der Waals surface area contributed by atoms with Gasteiger partial charge in [-0.15, -0.1) is 0 Å². The Kier molecular flexibility index (Phi) is 3.42. The van der Waals surface area contributed by atoms with Crippen LogP contribution in [0.4, 0.5) is 20.2 Å². The summed E-state index contributed by atoms with van der Waals surface area (Å²) in [5.74, 6) is -1.65. The molecular formula is C11H13F2N3O2. The van der Waals surface area contributed by atoms with Gasteiger partial charge in [-0.05, 0) is 18.8 Å². The van der Waals surface area contributed by atoms with Crippen molar-refractivity contribution in [1.29, 1.82) is 0 Å². The summed E-state index contributed by atoms with van der Waals surface area (Å²) in [6.45, 7) is 0.258. The van der Waals surface area contributed by atoms with Crippen molar-refractivity contribution in [2.75, 3.05) is 11.9 Å². The maximum Gasteiger partial charge on any atom is 0.327 e. The van der Waals surface area contributed by atoms with E-state index in [1.54, 1.807) is 0 Å². The molecule has 1 saturated carbocycles. The van der Waals surface area contributed by atoms with Gasteiger partial charge in [-0.1, -0.05) is 0 Å². The second-order valence-electron chi connectivity index (χ2n) is 4.42. The van der Waals surface area contributed by atoms with Crippen molar-refractivity contribution < 1.29 is 13.7 Å². The van der Waals surface area contributed by atoms with Crippen molar-refractivity contribution in [3.63, 3.8) is 0 Å². The van der Waals surface area contributed by atoms with Crippen LogP contribution in [-0.2, 0) is 0 Å². The molecule has 2 rings (SSSR count). The Labute approximate surface area is 102 Å². The van der Waals surface area contributed by atoms with E-state index < -0.39 is 22.2 Å². The second-order valence-corrected chi connectivity index (χ2v) is 4.42. The summed E-state index contributed by atoms with van der Waals surface area (Å²) in [6.07, 6.45) is 2.06. The van der Waals surface area contributed by atoms with Crippen molar-refractivity contribution >= 4 is 11.4 Å². The Morgan fingerprint density at radius 2 is 2.17 bits per heavy atom. The van der Waals surface area contributed by atoms with E-state index in [9.17, 15) is 18.9 Å². The fourth-order valence-electron chi connectivity index (χ4n) is 1.81. The molecule has 0 bridgehead atoms. The van der Waals surface area contributed by atoms with Gasteiger partial charge in [-0.25, -0.2) is 4.39 Å². The zero-order chi connectivity index (χ0) is 13.3. The first-order valence-electron chi connectivity index (χ1n) is 5.62. The van der Waals surface area contributed by atoms with Crippen molar-refractivity contribution in [2.45, 2.75) is 18.9 Å². The van der Waals surface area contributed by atoms with E-state index in [-0.39, 0.29) is 18.3 Å². The molecule has 0 amide bonds. The van der Waals surface area contributed by atoms with Crippen LogP contribution in [0.2, 0.25) is 0 Å². The van der Waals surface area contributed by atoms with E-state index in [0.717, 1.165) is 18.9 Å². The van der Waals surface area contributed by atoms with Crippen molar-refractivity contribution in [3.05, 3.63) is 33.9 Å². The Hall–Kier alpha value is -1.76. The van der Waals surface area contributed by atoms with Gasteiger partial charge in [-0.2, -0.15) is 4.39 Å². The number of halogens is 2. The highest BCUT2D eigenvalue weighted by Gasteiger charge is 2.29. The lowest BCUT2D eigenvalue weighted by Crippen LogP contribution is -2.31. The molecule has 0 aromatic heterocycles. The smallest absolute Gasteiger partial charge is 0.327 e. The predicted molar refractivity (Wildman–Crippen MR) is 62.2 cm³/mol. The minimum atomic E-state index is -1.19. The third-order valence-electron chi connectivity index (χ3n) is 2.97. The highest BCUT2D eigenvalue weighted by Crippen LogP contribution is 2.33. The van der Waals surface area contributed by atoms with Crippen LogP contribution in [0.1, 0.15) is 12.8 Å². The normalized spacial score (nSPS) is 16.4. The van der Waals surface area contributed by atoms with Crippen LogP contribution >= 0.6 is 0 Å². The van der Waals surface area contributed by atoms with Gasteiger partial charge in [-0.3, -0.25) is 10.1 Å². The molecule has 1 aliphatic carbocycles. The lowest BCUT2D eigenvalue weighted by atomic mass is 10.2. The minimum Gasteiger partial charge on any atom is -0.378 e. The first kappa shape index (κ1) is 12.7. The molecule has 7 heteroatoms. The van der Waals surface area contributed by atoms with E-state index in [2.05, 4.69) is 5.32 Å². The average molecular weight is 257 g/mol. The van der Waals surface area contributed by atoms with Crippen molar-refractivity contribution in [2.24, 2.45) is 11.7 Å². The highest BCUT2D eigenvalue weighted by atomic mass is 19.1. The molecule has 0 saturated heterocycles. The molecule has 3 N–H and O–H groups in total. The molecule has 0 spiro atoms. The molecule has 1 aliphatic rings. The number of nitrogens with one attached hydrogen (secondary N) is 1. The summed E-state index contributed by atoms with van der Waals surface area (Å²) in [7, 11) is 0. The number of hydrogen-bond donors (Lipinski definition) is 2. The Balaban J connectivity index is 2.16. The van der Waals surface area contributed by atoms with Gasteiger partial charge in [0.05, 0.1) is 4.92 Å². The molecule has 18 heavy (non-hydrogen) atoms. The molecule has 0 heterocycles. The maximum absolute atomic E-state index is 13.3. The Morgan fingerprint density at radius 1 is 1.50 bits per heavy atom. The predicted octanol–water partition coefficient (Wildman–Crippen LogP) is 2.02. The van der Waals surface area contributed by atoms with Crippen LogP contribution in [0.3, 0.4) is 0 Å². The van der Waals surface area contributed by atoms with Crippen LogP contribution in [0.25, 0.3) is 0 Å². The van der Waals surface area contributed by atoms with E-state index in [0.29, 0.717) is 12.0 Å². The van der Waals surface area contributed by atoms with Gasteiger partial charge in [0.25, 0.3) is 0 Å². The van der Waals surface area contributed by atoms with Gasteiger partial charge in [0, 0.05) is 24.7 Å². The first-order valence-corrected chi connectivity index (χ1v) is 5.62. The number of anilines is 1. The van der Waals surface area contributed by atoms with Gasteiger partial charge >= 0.3 is 5.69 Å². The summed E-state index contributed by atoms with van der Waals surface area (Å²) < 4.78 is 26.3. The zero-order valence-corrected chi connectivity index (χ0v) is 9.53. The number of hydrogen-bond acceptors (Lipinski definition) is 4. The quantitative estimate of drug-likeness (QED) is 0.624. The van der Waals surface area contributed by atoms with Gasteiger partial charge in [0.15, 0.2) is 0 Å². The topological polar surface area (TPSA) is 81.2 Å². The zero-order valence-electron chi connectivity index (χ0n) is 9.53. The van der Waals surface area contributed by atoms with Gasteiger partial charge in [0.2, 0.25) is 5.82 Å². The molecular weight excluding hydrogens is 244 g/mol. The largest absolute Gasteiger partial charge is 0.378 e. The fourth-order valence-corrected chi connectivity index (χ4v) is 1.81. The summed E-state index contributed by atoms with van der Waals surface area (Å²) in [4.78, 5) is 9.84. The van der Waals surface area contributed by atoms with Crippen LogP contribution in [-0.4, -0.2) is 17.5 Å². The van der Waals surface area contributed by atoms with Gasteiger partial charge < -0.3 is 11.1 Å². The lowest BCUT2D eigenvalue weighted by molar-refractivity contribution is -0.386. The molecule has 1 unspecified atom stereocenters. The number of nitrogens with two attached hydrogens (primary N) is 1. The summed E-state index contributed by atoms with van der Waals surface area (Å²) >= 11 is 0. The van der Waals surface area contributed by atoms with Crippen LogP contribution in [0, 0.1) is 27.7 Å². The lowest BCUT2D eigenvalue weighted by Gasteiger charge is -2.13. The molecule has 1 atom stereocenters. The Morgan fingerprint density at radius 3 is 2.72 bits per heavy atom. The molecule has 1 aromatic carbocycles. The summed E-state index contributed by atoms with van der Waals surface area (Å²) in [5, 5.41) is 13.4. The third kappa shape index (κ3) is 2.73. The number of nitro groups is 1. The molecule has 0 radical (unpaired) electrons. The molecule has 5 nitrogen and oxygen atoms in total. The van der Waals surface area contributed by atoms with E-state index in [1.165, 1.54) is 0 Å². The standard InChI is InChI=1S/C11H13F2N3O2/c12-7-3-8(13)11(16(17)18)10(4-7)15-5-9(14)6-1-2-6/h3-4,6,9,15H,1-2,5,14H2. The van der Waals surface area contributed by atoms with E-state index >= 15 is 0 Å². The number of rotatable bonds is 5. The fraction of sp³-hybridized carbons (Fsp3) is 0.455. The monoisotopic (exact) mass is 257 g/mol.